The van der Waals surface area contributed by atoms with Gasteiger partial charge in [0, 0.05) is 9.13 Å². The van der Waals surface area contributed by atoms with E-state index in [4.69, 9.17) is 10.2 Å². The molecule has 5 nitrogen and oxygen atoms in total. The molecule has 0 aliphatic heterocycles. The summed E-state index contributed by atoms with van der Waals surface area (Å²) in [6.45, 7) is 0. The van der Waals surface area contributed by atoms with Crippen molar-refractivity contribution >= 4 is 40.8 Å². The van der Waals surface area contributed by atoms with Crippen molar-refractivity contribution in [2.45, 2.75) is 5.92 Å². The fraction of sp³-hybridized carbons (Fsp3) is 0.100. The molecule has 0 fully saturated rings. The van der Waals surface area contributed by atoms with Crippen LogP contribution in [-0.2, 0) is 9.59 Å². The van der Waals surface area contributed by atoms with Gasteiger partial charge >= 0.3 is 11.9 Å². The molecule has 0 radical (unpaired) electrons. The van der Waals surface area contributed by atoms with Crippen LogP contribution in [0.3, 0.4) is 0 Å². The minimum Gasteiger partial charge on any atom is -0.480 e. The highest BCUT2D eigenvalue weighted by Crippen LogP contribution is 2.22. The van der Waals surface area contributed by atoms with Gasteiger partial charge < -0.3 is 10.2 Å². The first-order valence-corrected chi connectivity index (χ1v) is 5.25. The van der Waals surface area contributed by atoms with E-state index in [0.29, 0.717) is 6.29 Å². The van der Waals surface area contributed by atoms with Crippen LogP contribution in [0.15, 0.2) is 18.2 Å². The Balaban J connectivity index is 3.34. The largest absolute Gasteiger partial charge is 0.480 e. The molecule has 0 aliphatic rings. The number of benzene rings is 1. The number of carboxylic acid groups (broad SMARTS) is 2. The number of hydrogen-bond acceptors (Lipinski definition) is 3. The molecule has 0 spiro atoms. The van der Waals surface area contributed by atoms with Crippen LogP contribution in [0.5, 0.6) is 0 Å². The van der Waals surface area contributed by atoms with Gasteiger partial charge in [0.05, 0.1) is 0 Å². The molecule has 1 aromatic carbocycles. The third-order valence-electron chi connectivity index (χ3n) is 1.98. The SMILES string of the molecule is O=Cc1cc(I)ccc1C(C(=O)O)C(=O)O. The van der Waals surface area contributed by atoms with Crippen LogP contribution < -0.4 is 0 Å². The van der Waals surface area contributed by atoms with Crippen molar-refractivity contribution in [2.24, 2.45) is 0 Å². The molecule has 0 heterocycles. The molecular weight excluding hydrogens is 327 g/mol. The van der Waals surface area contributed by atoms with Crippen LogP contribution in [0.4, 0.5) is 0 Å². The lowest BCUT2D eigenvalue weighted by Gasteiger charge is -2.10. The smallest absolute Gasteiger partial charge is 0.322 e. The minimum atomic E-state index is -1.71. The highest BCUT2D eigenvalue weighted by Gasteiger charge is 2.29. The molecule has 0 saturated heterocycles. The molecule has 0 atom stereocenters. The Morgan fingerprint density at radius 3 is 2.25 bits per heavy atom. The van der Waals surface area contributed by atoms with Crippen molar-refractivity contribution in [3.63, 3.8) is 0 Å². The Kier molecular flexibility index (Phi) is 3.99. The zero-order chi connectivity index (χ0) is 12.3. The van der Waals surface area contributed by atoms with Crippen molar-refractivity contribution in [3.05, 3.63) is 32.9 Å². The summed E-state index contributed by atoms with van der Waals surface area (Å²) in [4.78, 5) is 32.3. The predicted octanol–water partition coefficient (Wildman–Crippen LogP) is 1.36. The molecule has 0 aliphatic carbocycles. The van der Waals surface area contributed by atoms with Crippen LogP contribution >= 0.6 is 22.6 Å². The van der Waals surface area contributed by atoms with E-state index in [1.807, 2.05) is 22.6 Å². The summed E-state index contributed by atoms with van der Waals surface area (Å²) in [5, 5.41) is 17.6. The average molecular weight is 334 g/mol. The number of halogens is 1. The van der Waals surface area contributed by atoms with Crippen molar-refractivity contribution in [3.8, 4) is 0 Å². The van der Waals surface area contributed by atoms with Gasteiger partial charge in [0.25, 0.3) is 0 Å². The van der Waals surface area contributed by atoms with E-state index in [9.17, 15) is 14.4 Å². The maximum absolute atomic E-state index is 10.8. The zero-order valence-electron chi connectivity index (χ0n) is 7.88. The second-order valence-corrected chi connectivity index (χ2v) is 4.25. The van der Waals surface area contributed by atoms with Crippen LogP contribution in [0.25, 0.3) is 0 Å². The normalized spacial score (nSPS) is 10.1. The van der Waals surface area contributed by atoms with E-state index in [2.05, 4.69) is 0 Å². The van der Waals surface area contributed by atoms with Crippen molar-refractivity contribution in [1.29, 1.82) is 0 Å². The summed E-state index contributed by atoms with van der Waals surface area (Å²) in [5.74, 6) is -4.69. The molecule has 0 amide bonds. The molecule has 0 bridgehead atoms. The molecule has 84 valence electrons. The van der Waals surface area contributed by atoms with E-state index >= 15 is 0 Å². The Hall–Kier alpha value is -1.44. The molecule has 0 saturated carbocycles. The van der Waals surface area contributed by atoms with Crippen LogP contribution in [-0.4, -0.2) is 28.4 Å². The summed E-state index contributed by atoms with van der Waals surface area (Å²) in [6, 6.07) is 4.35. The fourth-order valence-electron chi connectivity index (χ4n) is 1.28. The monoisotopic (exact) mass is 334 g/mol. The number of aldehydes is 1. The second-order valence-electron chi connectivity index (χ2n) is 3.00. The molecule has 0 unspecified atom stereocenters. The Labute approximate surface area is 104 Å². The molecule has 1 aromatic rings. The van der Waals surface area contributed by atoms with Crippen molar-refractivity contribution in [2.75, 3.05) is 0 Å². The van der Waals surface area contributed by atoms with Gasteiger partial charge in [0.1, 0.15) is 6.29 Å². The summed E-state index contributed by atoms with van der Waals surface area (Å²) >= 11 is 1.95. The summed E-state index contributed by atoms with van der Waals surface area (Å²) in [6.07, 6.45) is 0.455. The lowest BCUT2D eigenvalue weighted by molar-refractivity contribution is -0.150. The summed E-state index contributed by atoms with van der Waals surface area (Å²) in [7, 11) is 0. The van der Waals surface area contributed by atoms with Gasteiger partial charge in [0.2, 0.25) is 0 Å². The van der Waals surface area contributed by atoms with Gasteiger partial charge in [0.15, 0.2) is 5.92 Å². The Morgan fingerprint density at radius 2 is 1.81 bits per heavy atom. The number of carbonyl (C=O) groups is 3. The lowest BCUT2D eigenvalue weighted by Crippen LogP contribution is -2.22. The standard InChI is InChI=1S/C10H7IO5/c11-6-1-2-7(5(3-6)4-12)8(9(13)14)10(15)16/h1-4,8H,(H,13,14)(H,15,16). The maximum atomic E-state index is 10.8. The Bertz CT molecular complexity index is 441. The van der Waals surface area contributed by atoms with Gasteiger partial charge in [-0.1, -0.05) is 6.07 Å². The number of rotatable bonds is 4. The molecule has 16 heavy (non-hydrogen) atoms. The van der Waals surface area contributed by atoms with Crippen LogP contribution in [0.2, 0.25) is 0 Å². The van der Waals surface area contributed by atoms with Crippen LogP contribution in [0, 0.1) is 3.57 Å². The maximum Gasteiger partial charge on any atom is 0.322 e. The van der Waals surface area contributed by atoms with E-state index < -0.39 is 17.9 Å². The second kappa shape index (κ2) is 5.06. The van der Waals surface area contributed by atoms with Gasteiger partial charge in [-0.15, -0.1) is 0 Å². The molecule has 1 rings (SSSR count). The summed E-state index contributed by atoms with van der Waals surface area (Å²) in [5.41, 5.74) is 0.0807. The first-order valence-electron chi connectivity index (χ1n) is 4.17. The van der Waals surface area contributed by atoms with Gasteiger partial charge in [-0.3, -0.25) is 14.4 Å². The van der Waals surface area contributed by atoms with E-state index in [-0.39, 0.29) is 11.1 Å². The van der Waals surface area contributed by atoms with Crippen molar-refractivity contribution < 1.29 is 24.6 Å². The first kappa shape index (κ1) is 12.6. The number of hydrogen-bond donors (Lipinski definition) is 2. The van der Waals surface area contributed by atoms with Gasteiger partial charge in [-0.05, 0) is 40.3 Å². The quantitative estimate of drug-likeness (QED) is 0.493. The third kappa shape index (κ3) is 2.57. The van der Waals surface area contributed by atoms with E-state index in [1.54, 1.807) is 6.07 Å². The molecular formula is C10H7IO5. The average Bonchev–Trinajstić information content (AvgIpc) is 2.19. The van der Waals surface area contributed by atoms with Gasteiger partial charge in [-0.25, -0.2) is 0 Å². The highest BCUT2D eigenvalue weighted by atomic mass is 127. The summed E-state index contributed by atoms with van der Waals surface area (Å²) < 4.78 is 0.734. The Morgan fingerprint density at radius 1 is 1.25 bits per heavy atom. The molecule has 0 aromatic heterocycles. The van der Waals surface area contributed by atoms with Crippen LogP contribution in [0.1, 0.15) is 21.8 Å². The lowest BCUT2D eigenvalue weighted by atomic mass is 9.95. The minimum absolute atomic E-state index is 0.00424. The predicted molar refractivity (Wildman–Crippen MR) is 62.6 cm³/mol. The first-order chi connectivity index (χ1) is 7.47. The van der Waals surface area contributed by atoms with Gasteiger partial charge in [-0.2, -0.15) is 0 Å². The van der Waals surface area contributed by atoms with Crippen molar-refractivity contribution in [1.82, 2.24) is 0 Å². The van der Waals surface area contributed by atoms with E-state index in [1.165, 1.54) is 12.1 Å². The number of aliphatic carboxylic acids is 2. The number of carbonyl (C=O) groups excluding carboxylic acids is 1. The zero-order valence-corrected chi connectivity index (χ0v) is 10.0. The van der Waals surface area contributed by atoms with E-state index in [0.717, 1.165) is 3.57 Å². The third-order valence-corrected chi connectivity index (χ3v) is 2.65. The molecule has 6 heteroatoms. The number of carboxylic acids is 2. The topological polar surface area (TPSA) is 91.7 Å². The molecule has 2 N–H and O–H groups in total. The fourth-order valence-corrected chi connectivity index (χ4v) is 1.80. The highest BCUT2D eigenvalue weighted by molar-refractivity contribution is 14.1.